The van der Waals surface area contributed by atoms with Gasteiger partial charge in [0.05, 0.1) is 16.8 Å². The minimum atomic E-state index is -0.606. The van der Waals surface area contributed by atoms with Crippen LogP contribution in [0.3, 0.4) is 0 Å². The van der Waals surface area contributed by atoms with Crippen molar-refractivity contribution in [3.05, 3.63) is 204 Å². The van der Waals surface area contributed by atoms with Gasteiger partial charge in [-0.2, -0.15) is 0 Å². The van der Waals surface area contributed by atoms with E-state index >= 15 is 0 Å². The molecule has 11 rings (SSSR count). The quantitative estimate of drug-likeness (QED) is 0.186. The summed E-state index contributed by atoms with van der Waals surface area (Å²) >= 11 is 1.92. The van der Waals surface area contributed by atoms with E-state index in [4.69, 9.17) is 9.97 Å². The highest BCUT2D eigenvalue weighted by molar-refractivity contribution is 8.00. The second-order valence-corrected chi connectivity index (χ2v) is 14.7. The van der Waals surface area contributed by atoms with Crippen molar-refractivity contribution in [2.24, 2.45) is 0 Å². The molecule has 2 heterocycles. The fourth-order valence-corrected chi connectivity index (χ4v) is 10.2. The van der Waals surface area contributed by atoms with Gasteiger partial charge in [-0.15, -0.1) is 0 Å². The normalized spacial score (nSPS) is 13.5. The van der Waals surface area contributed by atoms with Gasteiger partial charge in [0.2, 0.25) is 0 Å². The highest BCUT2D eigenvalue weighted by Crippen LogP contribution is 2.65. The van der Waals surface area contributed by atoms with E-state index in [0.29, 0.717) is 0 Å². The monoisotopic (exact) mass is 678 g/mol. The Labute approximate surface area is 306 Å². The largest absolute Gasteiger partial charge is 0.228 e. The smallest absolute Gasteiger partial charge is 0.160 e. The molecule has 0 unspecified atom stereocenters. The molecule has 0 saturated heterocycles. The van der Waals surface area contributed by atoms with Crippen LogP contribution in [0.1, 0.15) is 22.3 Å². The van der Waals surface area contributed by atoms with Crippen LogP contribution < -0.4 is 0 Å². The number of hydrogen-bond acceptors (Lipinski definition) is 3. The van der Waals surface area contributed by atoms with Gasteiger partial charge in [0, 0.05) is 26.5 Å². The maximum Gasteiger partial charge on any atom is 0.160 e. The number of rotatable bonds is 3. The van der Waals surface area contributed by atoms with Crippen molar-refractivity contribution >= 4 is 33.3 Å². The van der Waals surface area contributed by atoms with E-state index in [1.807, 2.05) is 11.8 Å². The van der Waals surface area contributed by atoms with E-state index in [-0.39, 0.29) is 0 Å². The van der Waals surface area contributed by atoms with E-state index in [2.05, 4.69) is 182 Å². The summed E-state index contributed by atoms with van der Waals surface area (Å²) < 4.78 is 0. The van der Waals surface area contributed by atoms with Crippen molar-refractivity contribution in [3.8, 4) is 45.0 Å². The number of hydrogen-bond donors (Lipinski definition) is 0. The molecular formula is C49H30N2S. The molecule has 0 radical (unpaired) electrons. The van der Waals surface area contributed by atoms with Crippen molar-refractivity contribution in [1.29, 1.82) is 0 Å². The first-order valence-corrected chi connectivity index (χ1v) is 18.6. The molecule has 2 aliphatic rings. The average molecular weight is 679 g/mol. The Morgan fingerprint density at radius 1 is 0.385 bits per heavy atom. The molecule has 1 aliphatic carbocycles. The Bertz CT molecular complexity index is 2740. The molecule has 0 atom stereocenters. The zero-order valence-corrected chi connectivity index (χ0v) is 28.9. The van der Waals surface area contributed by atoms with Gasteiger partial charge in [0.15, 0.2) is 5.82 Å². The third kappa shape index (κ3) is 4.14. The van der Waals surface area contributed by atoms with Crippen LogP contribution in [0.5, 0.6) is 0 Å². The van der Waals surface area contributed by atoms with Gasteiger partial charge in [-0.05, 0) is 61.0 Å². The lowest BCUT2D eigenvalue weighted by Gasteiger charge is -2.41. The molecule has 0 saturated carbocycles. The average Bonchev–Trinajstić information content (AvgIpc) is 3.52. The fraction of sp³-hybridized carbons (Fsp3) is 0.0204. The van der Waals surface area contributed by atoms with Gasteiger partial charge in [-0.1, -0.05) is 188 Å². The topological polar surface area (TPSA) is 25.8 Å². The first-order chi connectivity index (χ1) is 25.8. The van der Waals surface area contributed by atoms with E-state index in [1.165, 1.54) is 64.7 Å². The molecule has 1 aromatic heterocycles. The Morgan fingerprint density at radius 3 is 1.50 bits per heavy atom. The van der Waals surface area contributed by atoms with Crippen LogP contribution in [0.4, 0.5) is 0 Å². The molecule has 3 heteroatoms. The second-order valence-electron chi connectivity index (χ2n) is 13.6. The van der Waals surface area contributed by atoms with E-state index in [1.54, 1.807) is 0 Å². The second kappa shape index (κ2) is 11.4. The summed E-state index contributed by atoms with van der Waals surface area (Å²) in [5, 5.41) is 5.05. The molecule has 1 spiro atoms. The SMILES string of the molecule is c1ccc(-c2cc(-c3ccccc3)nc(-c3cccc4c3C3(c5ccccc5-4)c4ccc5ccccc5c4Sc4c3ccc3ccccc43)n2)cc1. The number of nitrogens with zero attached hydrogens (tertiary/aromatic N) is 2. The summed E-state index contributed by atoms with van der Waals surface area (Å²) in [7, 11) is 0. The van der Waals surface area contributed by atoms with Gasteiger partial charge in [0.1, 0.15) is 0 Å². The summed E-state index contributed by atoms with van der Waals surface area (Å²) in [6, 6.07) is 65.9. The van der Waals surface area contributed by atoms with Crippen LogP contribution in [-0.4, -0.2) is 9.97 Å². The predicted octanol–water partition coefficient (Wildman–Crippen LogP) is 12.6. The lowest BCUT2D eigenvalue weighted by molar-refractivity contribution is 0.730. The molecule has 0 N–H and O–H groups in total. The molecule has 0 fully saturated rings. The number of fused-ring (bicyclic) bond motifs is 13. The Hall–Kier alpha value is -6.29. The molecule has 1 aliphatic heterocycles. The third-order valence-corrected chi connectivity index (χ3v) is 12.2. The summed E-state index contributed by atoms with van der Waals surface area (Å²) in [5.74, 6) is 0.729. The predicted molar refractivity (Wildman–Crippen MR) is 215 cm³/mol. The summed E-state index contributed by atoms with van der Waals surface area (Å²) in [6.07, 6.45) is 0. The molecule has 2 nitrogen and oxygen atoms in total. The van der Waals surface area contributed by atoms with Crippen LogP contribution >= 0.6 is 11.8 Å². The highest BCUT2D eigenvalue weighted by Gasteiger charge is 2.52. The standard InChI is InChI=1S/C49H30N2S/c1-3-16-33(17-4-1)43-30-44(34-18-5-2-6-19-34)51-48(50-43)39-24-13-23-38-37-22-11-12-25-40(37)49(45(38)39)41-28-26-31-14-7-9-20-35(31)46(41)52-47-36-21-10-8-15-32(36)27-29-42(47)49/h1-30H. The van der Waals surface area contributed by atoms with Gasteiger partial charge in [-0.3, -0.25) is 0 Å². The van der Waals surface area contributed by atoms with E-state index in [9.17, 15) is 0 Å². The zero-order valence-electron chi connectivity index (χ0n) is 28.1. The van der Waals surface area contributed by atoms with Crippen LogP contribution in [0.25, 0.3) is 66.6 Å². The summed E-state index contributed by atoms with van der Waals surface area (Å²) in [4.78, 5) is 13.4. The van der Waals surface area contributed by atoms with Crippen molar-refractivity contribution in [3.63, 3.8) is 0 Å². The van der Waals surface area contributed by atoms with Crippen molar-refractivity contribution in [2.75, 3.05) is 0 Å². The minimum absolute atomic E-state index is 0.606. The van der Waals surface area contributed by atoms with Crippen LogP contribution in [0.2, 0.25) is 0 Å². The lowest BCUT2D eigenvalue weighted by Crippen LogP contribution is -2.33. The maximum atomic E-state index is 5.41. The maximum absolute atomic E-state index is 5.41. The first kappa shape index (κ1) is 29.4. The first-order valence-electron chi connectivity index (χ1n) is 17.7. The third-order valence-electron chi connectivity index (χ3n) is 10.9. The molecule has 9 aromatic rings. The Kier molecular flexibility index (Phi) is 6.43. The van der Waals surface area contributed by atoms with Gasteiger partial charge in [-0.25, -0.2) is 9.97 Å². The van der Waals surface area contributed by atoms with Crippen molar-refractivity contribution < 1.29 is 0 Å². The van der Waals surface area contributed by atoms with Gasteiger partial charge in [0.25, 0.3) is 0 Å². The number of aromatic nitrogens is 2. The molecule has 242 valence electrons. The van der Waals surface area contributed by atoms with Crippen LogP contribution in [-0.2, 0) is 5.41 Å². The number of benzene rings is 8. The fourth-order valence-electron chi connectivity index (χ4n) is 8.73. The van der Waals surface area contributed by atoms with Gasteiger partial charge < -0.3 is 0 Å². The van der Waals surface area contributed by atoms with E-state index < -0.39 is 5.41 Å². The van der Waals surface area contributed by atoms with Crippen LogP contribution in [0, 0.1) is 0 Å². The molecule has 52 heavy (non-hydrogen) atoms. The Balaban J connectivity index is 1.30. The highest BCUT2D eigenvalue weighted by atomic mass is 32.2. The molecule has 8 aromatic carbocycles. The minimum Gasteiger partial charge on any atom is -0.228 e. The van der Waals surface area contributed by atoms with Gasteiger partial charge >= 0.3 is 0 Å². The Morgan fingerprint density at radius 2 is 0.885 bits per heavy atom. The zero-order chi connectivity index (χ0) is 34.2. The summed E-state index contributed by atoms with van der Waals surface area (Å²) in [6.45, 7) is 0. The van der Waals surface area contributed by atoms with Crippen LogP contribution in [0.15, 0.2) is 192 Å². The van der Waals surface area contributed by atoms with E-state index in [0.717, 1.165) is 33.9 Å². The molecular weight excluding hydrogens is 649 g/mol. The molecule has 0 amide bonds. The van der Waals surface area contributed by atoms with Crippen molar-refractivity contribution in [2.45, 2.75) is 15.2 Å². The summed E-state index contributed by atoms with van der Waals surface area (Å²) in [5.41, 5.74) is 12.0. The van der Waals surface area contributed by atoms with Crippen molar-refractivity contribution in [1.82, 2.24) is 9.97 Å². The lowest BCUT2D eigenvalue weighted by atomic mass is 9.65. The molecule has 0 bridgehead atoms.